The summed E-state index contributed by atoms with van der Waals surface area (Å²) in [7, 11) is 0. The first-order chi connectivity index (χ1) is 7.29. The Labute approximate surface area is 115 Å². The van der Waals surface area contributed by atoms with Gasteiger partial charge < -0.3 is 10.4 Å². The molecule has 0 spiro atoms. The number of nitrogens with one attached hydrogen (secondary N) is 1. The van der Waals surface area contributed by atoms with E-state index in [0.717, 1.165) is 25.3 Å². The number of aliphatic hydroxyl groups excluding tert-OH is 1. The van der Waals surface area contributed by atoms with Gasteiger partial charge in [-0.15, -0.1) is 24.8 Å². The van der Waals surface area contributed by atoms with Gasteiger partial charge in [0.25, 0.3) is 0 Å². The lowest BCUT2D eigenvalue weighted by Crippen LogP contribution is -2.31. The fourth-order valence-electron chi connectivity index (χ4n) is 2.01. The Balaban J connectivity index is 0.00000128. The first kappa shape index (κ1) is 16.5. The Hall–Kier alpha value is -0.480. The Bertz CT molecular complexity index is 311. The van der Waals surface area contributed by atoms with Crippen LogP contribution in [0.1, 0.15) is 6.92 Å². The van der Waals surface area contributed by atoms with Crippen LogP contribution in [0.15, 0.2) is 30.3 Å². The average molecular weight is 279 g/mol. The molecule has 2 rings (SSSR count). The van der Waals surface area contributed by atoms with Crippen LogP contribution in [0.2, 0.25) is 0 Å². The van der Waals surface area contributed by atoms with E-state index in [1.165, 1.54) is 0 Å². The molecule has 17 heavy (non-hydrogen) atoms. The maximum absolute atomic E-state index is 9.85. The molecule has 1 aromatic rings. The highest BCUT2D eigenvalue weighted by atomic mass is 35.5. The number of likely N-dealkylation sites (N-methyl/N-ethyl adjacent to an activating group) is 1. The van der Waals surface area contributed by atoms with Crippen LogP contribution >= 0.6 is 24.8 Å². The lowest BCUT2D eigenvalue weighted by Gasteiger charge is -2.17. The molecule has 2 N–H and O–H groups in total. The Morgan fingerprint density at radius 3 is 2.41 bits per heavy atom. The molecule has 0 aliphatic carbocycles. The summed E-state index contributed by atoms with van der Waals surface area (Å²) in [6.45, 7) is 4.83. The van der Waals surface area contributed by atoms with Crippen molar-refractivity contribution in [3.05, 3.63) is 30.3 Å². The monoisotopic (exact) mass is 278 g/mol. The topological polar surface area (TPSA) is 35.5 Å². The first-order valence-electron chi connectivity index (χ1n) is 5.51. The van der Waals surface area contributed by atoms with Gasteiger partial charge in [0.15, 0.2) is 0 Å². The number of hydrogen-bond donors (Lipinski definition) is 2. The molecule has 1 saturated heterocycles. The Morgan fingerprint density at radius 2 is 1.88 bits per heavy atom. The van der Waals surface area contributed by atoms with E-state index in [4.69, 9.17) is 0 Å². The van der Waals surface area contributed by atoms with Crippen molar-refractivity contribution >= 4 is 30.5 Å². The van der Waals surface area contributed by atoms with Crippen LogP contribution in [0.25, 0.3) is 0 Å². The number of para-hydroxylation sites is 1. The maximum atomic E-state index is 9.85. The van der Waals surface area contributed by atoms with Crippen LogP contribution < -0.4 is 5.32 Å². The van der Waals surface area contributed by atoms with E-state index < -0.39 is 0 Å². The van der Waals surface area contributed by atoms with E-state index in [9.17, 15) is 5.11 Å². The summed E-state index contributed by atoms with van der Waals surface area (Å²) in [6.07, 6.45) is -0.259. The molecule has 0 amide bonds. The number of anilines is 1. The summed E-state index contributed by atoms with van der Waals surface area (Å²) < 4.78 is 0. The van der Waals surface area contributed by atoms with Crippen molar-refractivity contribution in [2.45, 2.75) is 19.1 Å². The van der Waals surface area contributed by atoms with Crippen molar-refractivity contribution in [2.24, 2.45) is 0 Å². The second-order valence-electron chi connectivity index (χ2n) is 4.04. The lowest BCUT2D eigenvalue weighted by molar-refractivity contribution is 0.171. The second-order valence-corrected chi connectivity index (χ2v) is 4.04. The minimum absolute atomic E-state index is 0. The smallest absolute Gasteiger partial charge is 0.0880 e. The predicted octanol–water partition coefficient (Wildman–Crippen LogP) is 2.01. The van der Waals surface area contributed by atoms with E-state index in [0.29, 0.717) is 0 Å². The third-order valence-electron chi connectivity index (χ3n) is 2.94. The molecule has 1 fully saturated rings. The van der Waals surface area contributed by atoms with Gasteiger partial charge in [-0.3, -0.25) is 4.90 Å². The van der Waals surface area contributed by atoms with Crippen LogP contribution in [0, 0.1) is 0 Å². The van der Waals surface area contributed by atoms with Crippen molar-refractivity contribution in [2.75, 3.05) is 25.0 Å². The zero-order valence-electron chi connectivity index (χ0n) is 9.87. The summed E-state index contributed by atoms with van der Waals surface area (Å²) in [4.78, 5) is 2.26. The molecule has 1 aliphatic heterocycles. The molecular formula is C12H20Cl2N2O. The number of likely N-dealkylation sites (tertiary alicyclic amines) is 1. The molecule has 0 saturated carbocycles. The largest absolute Gasteiger partial charge is 0.390 e. The molecule has 1 aliphatic rings. The van der Waals surface area contributed by atoms with Gasteiger partial charge >= 0.3 is 0 Å². The molecular weight excluding hydrogens is 259 g/mol. The number of β-amino-alcohol motifs (C(OH)–C–C–N with tert-alkyl or cyclic N) is 1. The summed E-state index contributed by atoms with van der Waals surface area (Å²) in [6, 6.07) is 10.2. The van der Waals surface area contributed by atoms with Crippen molar-refractivity contribution in [1.29, 1.82) is 0 Å². The van der Waals surface area contributed by atoms with Gasteiger partial charge in [0.1, 0.15) is 0 Å². The average Bonchev–Trinajstić information content (AvgIpc) is 2.61. The zero-order valence-corrected chi connectivity index (χ0v) is 11.5. The van der Waals surface area contributed by atoms with Crippen LogP contribution in [0.4, 0.5) is 5.69 Å². The van der Waals surface area contributed by atoms with E-state index in [-0.39, 0.29) is 37.0 Å². The molecule has 98 valence electrons. The highest BCUT2D eigenvalue weighted by Crippen LogP contribution is 2.15. The quantitative estimate of drug-likeness (QED) is 0.888. The second kappa shape index (κ2) is 7.77. The van der Waals surface area contributed by atoms with Gasteiger partial charge in [-0.05, 0) is 18.7 Å². The third-order valence-corrected chi connectivity index (χ3v) is 2.94. The number of nitrogens with zero attached hydrogens (tertiary/aromatic N) is 1. The van der Waals surface area contributed by atoms with Gasteiger partial charge in [-0.2, -0.15) is 0 Å². The van der Waals surface area contributed by atoms with Gasteiger partial charge in [-0.25, -0.2) is 0 Å². The van der Waals surface area contributed by atoms with E-state index in [1.54, 1.807) is 0 Å². The maximum Gasteiger partial charge on any atom is 0.0880 e. The highest BCUT2D eigenvalue weighted by Gasteiger charge is 2.29. The predicted molar refractivity (Wildman–Crippen MR) is 76.5 cm³/mol. The fraction of sp³-hybridized carbons (Fsp3) is 0.500. The van der Waals surface area contributed by atoms with Crippen molar-refractivity contribution in [3.8, 4) is 0 Å². The lowest BCUT2D eigenvalue weighted by atomic mass is 10.2. The Kier molecular flexibility index (Phi) is 7.55. The minimum atomic E-state index is -0.259. The fourth-order valence-corrected chi connectivity index (χ4v) is 2.01. The Morgan fingerprint density at radius 1 is 1.24 bits per heavy atom. The van der Waals surface area contributed by atoms with E-state index in [1.807, 2.05) is 30.3 Å². The number of benzene rings is 1. The SMILES string of the molecule is CCN1CC(O)C(Nc2ccccc2)C1.Cl.Cl. The molecule has 1 heterocycles. The van der Waals surface area contributed by atoms with Crippen molar-refractivity contribution < 1.29 is 5.11 Å². The number of hydrogen-bond acceptors (Lipinski definition) is 3. The summed E-state index contributed by atoms with van der Waals surface area (Å²) in [5, 5.41) is 13.2. The summed E-state index contributed by atoms with van der Waals surface area (Å²) in [5.41, 5.74) is 1.08. The molecule has 5 heteroatoms. The minimum Gasteiger partial charge on any atom is -0.390 e. The van der Waals surface area contributed by atoms with Gasteiger partial charge in [0.2, 0.25) is 0 Å². The standard InChI is InChI=1S/C12H18N2O.2ClH/c1-2-14-8-11(12(15)9-14)13-10-6-4-3-5-7-10;;/h3-7,11-13,15H,2,8-9H2,1H3;2*1H. The number of halogens is 2. The van der Waals surface area contributed by atoms with E-state index >= 15 is 0 Å². The molecule has 0 bridgehead atoms. The van der Waals surface area contributed by atoms with Crippen LogP contribution in [0.3, 0.4) is 0 Å². The normalized spacial score (nSPS) is 23.6. The molecule has 3 nitrogen and oxygen atoms in total. The molecule has 2 unspecified atom stereocenters. The zero-order chi connectivity index (χ0) is 10.7. The van der Waals surface area contributed by atoms with Gasteiger partial charge in [0.05, 0.1) is 12.1 Å². The van der Waals surface area contributed by atoms with Crippen molar-refractivity contribution in [3.63, 3.8) is 0 Å². The third kappa shape index (κ3) is 4.36. The molecule has 0 aromatic heterocycles. The van der Waals surface area contributed by atoms with Crippen LogP contribution in [0.5, 0.6) is 0 Å². The molecule has 2 atom stereocenters. The molecule has 1 aromatic carbocycles. The summed E-state index contributed by atoms with van der Waals surface area (Å²) >= 11 is 0. The summed E-state index contributed by atoms with van der Waals surface area (Å²) in [5.74, 6) is 0. The molecule has 0 radical (unpaired) electrons. The van der Waals surface area contributed by atoms with Crippen molar-refractivity contribution in [1.82, 2.24) is 4.90 Å². The van der Waals surface area contributed by atoms with Gasteiger partial charge in [0, 0.05) is 18.8 Å². The van der Waals surface area contributed by atoms with Crippen LogP contribution in [-0.2, 0) is 0 Å². The van der Waals surface area contributed by atoms with E-state index in [2.05, 4.69) is 17.1 Å². The first-order valence-corrected chi connectivity index (χ1v) is 5.51. The van der Waals surface area contributed by atoms with Gasteiger partial charge in [-0.1, -0.05) is 25.1 Å². The highest BCUT2D eigenvalue weighted by molar-refractivity contribution is 5.85. The number of aliphatic hydroxyl groups is 1. The van der Waals surface area contributed by atoms with Crippen LogP contribution in [-0.4, -0.2) is 41.8 Å². The number of rotatable bonds is 3.